The molecule has 0 heterocycles. The Labute approximate surface area is 97.0 Å². The Kier molecular flexibility index (Phi) is 8.13. The van der Waals surface area contributed by atoms with Crippen molar-refractivity contribution in [3.63, 3.8) is 0 Å². The van der Waals surface area contributed by atoms with Crippen molar-refractivity contribution in [3.8, 4) is 0 Å². The lowest BCUT2D eigenvalue weighted by Gasteiger charge is -2.33. The van der Waals surface area contributed by atoms with Crippen molar-refractivity contribution in [3.05, 3.63) is 0 Å². The number of unbranched alkanes of at least 4 members (excludes halogenated alkanes) is 1. The van der Waals surface area contributed by atoms with Crippen molar-refractivity contribution in [2.45, 2.75) is 66.2 Å². The molecule has 1 nitrogen and oxygen atoms in total. The fourth-order valence-electron chi connectivity index (χ4n) is 2.30. The molecule has 0 aromatic rings. The van der Waals surface area contributed by atoms with Crippen LogP contribution in [-0.4, -0.2) is 13.6 Å². The van der Waals surface area contributed by atoms with Gasteiger partial charge in [0, 0.05) is 6.54 Å². The first-order valence-electron chi connectivity index (χ1n) is 6.74. The van der Waals surface area contributed by atoms with Crippen LogP contribution in [0.2, 0.25) is 0 Å². The highest BCUT2D eigenvalue weighted by Crippen LogP contribution is 2.34. The van der Waals surface area contributed by atoms with Gasteiger partial charge in [-0.25, -0.2) is 0 Å². The van der Waals surface area contributed by atoms with E-state index in [0.29, 0.717) is 5.41 Å². The van der Waals surface area contributed by atoms with E-state index in [1.165, 1.54) is 45.1 Å². The van der Waals surface area contributed by atoms with Gasteiger partial charge in [-0.05, 0) is 37.6 Å². The van der Waals surface area contributed by atoms with Crippen molar-refractivity contribution < 1.29 is 0 Å². The average molecular weight is 213 g/mol. The predicted octanol–water partition coefficient (Wildman–Crippen LogP) is 4.23. The highest BCUT2D eigenvalue weighted by Gasteiger charge is 2.26. The fraction of sp³-hybridized carbons (Fsp3) is 1.00. The molecule has 0 fully saturated rings. The summed E-state index contributed by atoms with van der Waals surface area (Å²) in [4.78, 5) is 0. The molecular formula is C14H31N. The molecule has 0 aromatic heterocycles. The van der Waals surface area contributed by atoms with Crippen LogP contribution in [0, 0.1) is 11.3 Å². The molecule has 0 aliphatic carbocycles. The maximum atomic E-state index is 3.39. The summed E-state index contributed by atoms with van der Waals surface area (Å²) in [5.74, 6) is 0.842. The maximum Gasteiger partial charge on any atom is 0.000470 e. The van der Waals surface area contributed by atoms with Gasteiger partial charge < -0.3 is 5.32 Å². The van der Waals surface area contributed by atoms with Crippen LogP contribution in [0.1, 0.15) is 66.2 Å². The number of hydrogen-bond acceptors (Lipinski definition) is 1. The minimum atomic E-state index is 0.565. The van der Waals surface area contributed by atoms with Gasteiger partial charge in [-0.15, -0.1) is 0 Å². The summed E-state index contributed by atoms with van der Waals surface area (Å²) < 4.78 is 0. The van der Waals surface area contributed by atoms with E-state index in [4.69, 9.17) is 0 Å². The summed E-state index contributed by atoms with van der Waals surface area (Å²) in [5, 5.41) is 3.39. The van der Waals surface area contributed by atoms with Crippen molar-refractivity contribution in [1.29, 1.82) is 0 Å². The van der Waals surface area contributed by atoms with E-state index in [2.05, 4.69) is 40.1 Å². The molecule has 1 atom stereocenters. The van der Waals surface area contributed by atoms with Crippen LogP contribution >= 0.6 is 0 Å². The van der Waals surface area contributed by atoms with Crippen LogP contribution in [0.3, 0.4) is 0 Å². The van der Waals surface area contributed by atoms with Crippen molar-refractivity contribution in [2.75, 3.05) is 13.6 Å². The Bertz CT molecular complexity index is 142. The van der Waals surface area contributed by atoms with E-state index in [9.17, 15) is 0 Å². The quantitative estimate of drug-likeness (QED) is 0.604. The molecule has 92 valence electrons. The topological polar surface area (TPSA) is 12.0 Å². The lowest BCUT2D eigenvalue weighted by Crippen LogP contribution is -2.32. The molecule has 0 aliphatic heterocycles. The highest BCUT2D eigenvalue weighted by atomic mass is 14.8. The van der Waals surface area contributed by atoms with Crippen LogP contribution in [-0.2, 0) is 0 Å². The van der Waals surface area contributed by atoms with Gasteiger partial charge in [0.2, 0.25) is 0 Å². The van der Waals surface area contributed by atoms with Gasteiger partial charge in [0.05, 0.1) is 0 Å². The normalized spacial score (nSPS) is 15.6. The van der Waals surface area contributed by atoms with E-state index in [1.54, 1.807) is 0 Å². The van der Waals surface area contributed by atoms with E-state index in [0.717, 1.165) is 5.92 Å². The average Bonchev–Trinajstić information content (AvgIpc) is 2.22. The highest BCUT2D eigenvalue weighted by molar-refractivity contribution is 4.80. The first kappa shape index (κ1) is 15.0. The second-order valence-corrected chi connectivity index (χ2v) is 5.42. The van der Waals surface area contributed by atoms with E-state index >= 15 is 0 Å². The Morgan fingerprint density at radius 1 is 1.13 bits per heavy atom. The standard InChI is InChI=1S/C14H31N/c1-6-8-10-14(7-2,12-15-5)11-9-13(3)4/h13,15H,6-12H2,1-5H3. The minimum Gasteiger partial charge on any atom is -0.319 e. The monoisotopic (exact) mass is 213 g/mol. The van der Waals surface area contributed by atoms with Crippen molar-refractivity contribution in [1.82, 2.24) is 5.32 Å². The molecule has 0 saturated carbocycles. The molecule has 1 N–H and O–H groups in total. The smallest absolute Gasteiger partial charge is 0.000470 e. The number of nitrogens with one attached hydrogen (secondary N) is 1. The Morgan fingerprint density at radius 3 is 2.20 bits per heavy atom. The second-order valence-electron chi connectivity index (χ2n) is 5.42. The summed E-state index contributed by atoms with van der Waals surface area (Å²) in [7, 11) is 2.09. The Balaban J connectivity index is 4.21. The van der Waals surface area contributed by atoms with Crippen LogP contribution in [0.4, 0.5) is 0 Å². The summed E-state index contributed by atoms with van der Waals surface area (Å²) >= 11 is 0. The molecule has 0 bridgehead atoms. The largest absolute Gasteiger partial charge is 0.319 e. The Morgan fingerprint density at radius 2 is 1.80 bits per heavy atom. The predicted molar refractivity (Wildman–Crippen MR) is 70.2 cm³/mol. The zero-order valence-corrected chi connectivity index (χ0v) is 11.5. The molecule has 1 heteroatoms. The van der Waals surface area contributed by atoms with Crippen LogP contribution in [0.25, 0.3) is 0 Å². The van der Waals surface area contributed by atoms with Crippen molar-refractivity contribution >= 4 is 0 Å². The molecule has 0 amide bonds. The summed E-state index contributed by atoms with van der Waals surface area (Å²) in [6.45, 7) is 10.5. The minimum absolute atomic E-state index is 0.565. The molecular weight excluding hydrogens is 182 g/mol. The molecule has 0 spiro atoms. The van der Waals surface area contributed by atoms with E-state index in [-0.39, 0.29) is 0 Å². The van der Waals surface area contributed by atoms with Crippen LogP contribution in [0.15, 0.2) is 0 Å². The Hall–Kier alpha value is -0.0400. The first-order valence-corrected chi connectivity index (χ1v) is 6.74. The van der Waals surface area contributed by atoms with E-state index < -0.39 is 0 Å². The summed E-state index contributed by atoms with van der Waals surface area (Å²) in [6.07, 6.45) is 8.19. The molecule has 15 heavy (non-hydrogen) atoms. The zero-order chi connectivity index (χ0) is 11.7. The number of hydrogen-bond donors (Lipinski definition) is 1. The lowest BCUT2D eigenvalue weighted by molar-refractivity contribution is 0.202. The number of rotatable bonds is 9. The third-order valence-electron chi connectivity index (χ3n) is 3.61. The van der Waals surface area contributed by atoms with Gasteiger partial charge in [0.25, 0.3) is 0 Å². The van der Waals surface area contributed by atoms with Crippen LogP contribution < -0.4 is 5.32 Å². The molecule has 0 saturated heterocycles. The molecule has 1 unspecified atom stereocenters. The fourth-order valence-corrected chi connectivity index (χ4v) is 2.30. The van der Waals surface area contributed by atoms with Crippen molar-refractivity contribution in [2.24, 2.45) is 11.3 Å². The molecule has 0 rings (SSSR count). The first-order chi connectivity index (χ1) is 7.10. The summed E-state index contributed by atoms with van der Waals surface area (Å²) in [6, 6.07) is 0. The van der Waals surface area contributed by atoms with Gasteiger partial charge in [-0.2, -0.15) is 0 Å². The van der Waals surface area contributed by atoms with Crippen LogP contribution in [0.5, 0.6) is 0 Å². The zero-order valence-electron chi connectivity index (χ0n) is 11.5. The molecule has 0 aliphatic rings. The van der Waals surface area contributed by atoms with Gasteiger partial charge in [0.15, 0.2) is 0 Å². The van der Waals surface area contributed by atoms with Gasteiger partial charge in [0.1, 0.15) is 0 Å². The maximum absolute atomic E-state index is 3.39. The third-order valence-corrected chi connectivity index (χ3v) is 3.61. The third kappa shape index (κ3) is 6.19. The molecule has 0 aromatic carbocycles. The second kappa shape index (κ2) is 8.15. The van der Waals surface area contributed by atoms with E-state index in [1.807, 2.05) is 0 Å². The molecule has 0 radical (unpaired) electrons. The van der Waals surface area contributed by atoms with Gasteiger partial charge in [-0.3, -0.25) is 0 Å². The SMILES string of the molecule is CCCCC(CC)(CCC(C)C)CNC. The lowest BCUT2D eigenvalue weighted by atomic mass is 9.75. The summed E-state index contributed by atoms with van der Waals surface area (Å²) in [5.41, 5.74) is 0.565. The van der Waals surface area contributed by atoms with Gasteiger partial charge >= 0.3 is 0 Å². The van der Waals surface area contributed by atoms with Gasteiger partial charge in [-0.1, -0.05) is 47.0 Å².